The highest BCUT2D eigenvalue weighted by molar-refractivity contribution is 5.94. The first-order valence-electron chi connectivity index (χ1n) is 11.7. The van der Waals surface area contributed by atoms with Gasteiger partial charge in [0.1, 0.15) is 11.3 Å². The SMILES string of the molecule is O=C(c1ccc(-c2cc(-c3c(-c4cccc(F)n4)nc4ccccn34)ccn2)cc1)N1CCOCC1. The Labute approximate surface area is 206 Å². The number of ether oxygens (including phenoxy) is 1. The van der Waals surface area contributed by atoms with Crippen molar-refractivity contribution in [2.24, 2.45) is 0 Å². The zero-order valence-corrected chi connectivity index (χ0v) is 19.3. The number of rotatable bonds is 4. The lowest BCUT2D eigenvalue weighted by atomic mass is 10.0. The lowest BCUT2D eigenvalue weighted by Gasteiger charge is -2.26. The summed E-state index contributed by atoms with van der Waals surface area (Å²) in [7, 11) is 0. The van der Waals surface area contributed by atoms with Gasteiger partial charge in [-0.15, -0.1) is 0 Å². The normalized spacial score (nSPS) is 13.8. The molecule has 7 nitrogen and oxygen atoms in total. The highest BCUT2D eigenvalue weighted by Crippen LogP contribution is 2.33. The number of morpholine rings is 1. The number of halogens is 1. The lowest BCUT2D eigenvalue weighted by molar-refractivity contribution is 0.0303. The third-order valence-corrected chi connectivity index (χ3v) is 6.25. The Kier molecular flexibility index (Phi) is 5.71. The van der Waals surface area contributed by atoms with Crippen molar-refractivity contribution in [1.29, 1.82) is 0 Å². The molecule has 1 amide bonds. The summed E-state index contributed by atoms with van der Waals surface area (Å²) in [6.07, 6.45) is 3.66. The Hall–Kier alpha value is -4.43. The zero-order chi connectivity index (χ0) is 24.5. The lowest BCUT2D eigenvalue weighted by Crippen LogP contribution is -2.40. The Morgan fingerprint density at radius 3 is 2.50 bits per heavy atom. The molecule has 0 N–H and O–H groups in total. The molecule has 4 aromatic heterocycles. The molecule has 0 radical (unpaired) electrons. The van der Waals surface area contributed by atoms with Crippen LogP contribution in [0.25, 0.3) is 39.5 Å². The topological polar surface area (TPSA) is 72.6 Å². The maximum absolute atomic E-state index is 13.9. The second kappa shape index (κ2) is 9.31. The van der Waals surface area contributed by atoms with Crippen molar-refractivity contribution < 1.29 is 13.9 Å². The molecule has 5 aromatic rings. The smallest absolute Gasteiger partial charge is 0.254 e. The highest BCUT2D eigenvalue weighted by Gasteiger charge is 2.20. The van der Waals surface area contributed by atoms with Crippen molar-refractivity contribution in [3.8, 4) is 33.9 Å². The van der Waals surface area contributed by atoms with Crippen molar-refractivity contribution >= 4 is 11.6 Å². The largest absolute Gasteiger partial charge is 0.378 e. The van der Waals surface area contributed by atoms with Gasteiger partial charge in [-0.05, 0) is 48.5 Å². The molecule has 1 fully saturated rings. The molecule has 178 valence electrons. The van der Waals surface area contributed by atoms with Crippen molar-refractivity contribution in [1.82, 2.24) is 24.3 Å². The Morgan fingerprint density at radius 1 is 0.861 bits per heavy atom. The second-order valence-electron chi connectivity index (χ2n) is 8.50. The average molecular weight is 480 g/mol. The van der Waals surface area contributed by atoms with Crippen molar-refractivity contribution in [3.63, 3.8) is 0 Å². The minimum atomic E-state index is -0.558. The van der Waals surface area contributed by atoms with Crippen molar-refractivity contribution in [2.75, 3.05) is 26.3 Å². The Balaban J connectivity index is 1.38. The van der Waals surface area contributed by atoms with Gasteiger partial charge in [0.15, 0.2) is 0 Å². The molecule has 0 atom stereocenters. The van der Waals surface area contributed by atoms with Gasteiger partial charge in [0.2, 0.25) is 5.95 Å². The third-order valence-electron chi connectivity index (χ3n) is 6.25. The number of hydrogen-bond donors (Lipinski definition) is 0. The minimum Gasteiger partial charge on any atom is -0.378 e. The van der Waals surface area contributed by atoms with Crippen LogP contribution in [0.3, 0.4) is 0 Å². The summed E-state index contributed by atoms with van der Waals surface area (Å²) in [5.74, 6) is -0.554. The molecule has 0 aliphatic carbocycles. The quantitative estimate of drug-likeness (QED) is 0.348. The summed E-state index contributed by atoms with van der Waals surface area (Å²) in [6.45, 7) is 2.34. The highest BCUT2D eigenvalue weighted by atomic mass is 19.1. The maximum atomic E-state index is 13.9. The van der Waals surface area contributed by atoms with E-state index in [1.165, 1.54) is 6.07 Å². The van der Waals surface area contributed by atoms with E-state index < -0.39 is 5.95 Å². The molecule has 1 aromatic carbocycles. The van der Waals surface area contributed by atoms with E-state index in [2.05, 4.69) is 9.97 Å². The monoisotopic (exact) mass is 479 g/mol. The van der Waals surface area contributed by atoms with Crippen LogP contribution < -0.4 is 0 Å². The van der Waals surface area contributed by atoms with E-state index in [0.717, 1.165) is 28.2 Å². The molecule has 1 saturated heterocycles. The van der Waals surface area contributed by atoms with Gasteiger partial charge in [0, 0.05) is 42.2 Å². The molecule has 8 heteroatoms. The molecular formula is C28H22FN5O2. The molecule has 0 spiro atoms. The first kappa shape index (κ1) is 22.1. The summed E-state index contributed by atoms with van der Waals surface area (Å²) in [5, 5.41) is 0. The summed E-state index contributed by atoms with van der Waals surface area (Å²) < 4.78 is 21.3. The third kappa shape index (κ3) is 4.12. The number of aromatic nitrogens is 4. The van der Waals surface area contributed by atoms with E-state index in [0.29, 0.717) is 43.3 Å². The van der Waals surface area contributed by atoms with Gasteiger partial charge in [0.05, 0.1) is 30.3 Å². The summed E-state index contributed by atoms with van der Waals surface area (Å²) in [6, 6.07) is 21.8. The predicted octanol–water partition coefficient (Wildman–Crippen LogP) is 4.74. The first-order chi connectivity index (χ1) is 17.7. The van der Waals surface area contributed by atoms with E-state index in [1.807, 2.05) is 70.1 Å². The molecule has 0 unspecified atom stereocenters. The molecule has 6 rings (SSSR count). The van der Waals surface area contributed by atoms with Crippen LogP contribution in [0, 0.1) is 5.95 Å². The van der Waals surface area contributed by atoms with Crippen LogP contribution in [0.4, 0.5) is 4.39 Å². The Bertz CT molecular complexity index is 1560. The van der Waals surface area contributed by atoms with Crippen LogP contribution in [-0.4, -0.2) is 56.5 Å². The molecule has 0 saturated carbocycles. The fourth-order valence-electron chi connectivity index (χ4n) is 4.46. The number of hydrogen-bond acceptors (Lipinski definition) is 5. The van der Waals surface area contributed by atoms with Gasteiger partial charge in [-0.3, -0.25) is 14.2 Å². The van der Waals surface area contributed by atoms with Gasteiger partial charge in [-0.2, -0.15) is 4.39 Å². The van der Waals surface area contributed by atoms with Gasteiger partial charge in [0.25, 0.3) is 5.91 Å². The number of pyridine rings is 3. The number of carbonyl (C=O) groups is 1. The second-order valence-corrected chi connectivity index (χ2v) is 8.50. The van der Waals surface area contributed by atoms with Gasteiger partial charge < -0.3 is 9.64 Å². The number of carbonyl (C=O) groups excluding carboxylic acids is 1. The van der Waals surface area contributed by atoms with Crippen LogP contribution in [-0.2, 0) is 4.74 Å². The molecule has 0 bridgehead atoms. The van der Waals surface area contributed by atoms with E-state index in [1.54, 1.807) is 18.3 Å². The van der Waals surface area contributed by atoms with Gasteiger partial charge in [-0.1, -0.05) is 24.3 Å². The van der Waals surface area contributed by atoms with Crippen LogP contribution in [0.2, 0.25) is 0 Å². The van der Waals surface area contributed by atoms with E-state index in [-0.39, 0.29) is 5.91 Å². The van der Waals surface area contributed by atoms with Crippen molar-refractivity contribution in [2.45, 2.75) is 0 Å². The summed E-state index contributed by atoms with van der Waals surface area (Å²) in [5.41, 5.74) is 5.72. The summed E-state index contributed by atoms with van der Waals surface area (Å²) >= 11 is 0. The number of benzene rings is 1. The molecule has 1 aliphatic rings. The van der Waals surface area contributed by atoms with Crippen LogP contribution >= 0.6 is 0 Å². The summed E-state index contributed by atoms with van der Waals surface area (Å²) in [4.78, 5) is 28.0. The standard InChI is InChI=1S/C28H22FN5O2/c29-24-5-3-4-22(31-24)26-27(34-13-2-1-6-25(34)32-26)21-11-12-30-23(18-21)19-7-9-20(10-8-19)28(35)33-14-16-36-17-15-33/h1-13,18H,14-17H2. The number of nitrogens with zero attached hydrogens (tertiary/aromatic N) is 5. The van der Waals surface area contributed by atoms with E-state index in [4.69, 9.17) is 9.72 Å². The van der Waals surface area contributed by atoms with Crippen molar-refractivity contribution in [3.05, 3.63) is 96.7 Å². The van der Waals surface area contributed by atoms with Crippen LogP contribution in [0.15, 0.2) is 85.2 Å². The minimum absolute atomic E-state index is 0.00419. The number of amides is 1. The molecule has 36 heavy (non-hydrogen) atoms. The zero-order valence-electron chi connectivity index (χ0n) is 19.3. The predicted molar refractivity (Wildman–Crippen MR) is 134 cm³/mol. The van der Waals surface area contributed by atoms with E-state index in [9.17, 15) is 9.18 Å². The number of imidazole rings is 1. The van der Waals surface area contributed by atoms with Crippen LogP contribution in [0.1, 0.15) is 10.4 Å². The van der Waals surface area contributed by atoms with Crippen LogP contribution in [0.5, 0.6) is 0 Å². The molecule has 1 aliphatic heterocycles. The fraction of sp³-hybridized carbons (Fsp3) is 0.143. The Morgan fingerprint density at radius 2 is 1.69 bits per heavy atom. The maximum Gasteiger partial charge on any atom is 0.254 e. The molecule has 5 heterocycles. The van der Waals surface area contributed by atoms with Gasteiger partial charge >= 0.3 is 0 Å². The average Bonchev–Trinajstić information content (AvgIpc) is 3.33. The molecular weight excluding hydrogens is 457 g/mol. The van der Waals surface area contributed by atoms with E-state index >= 15 is 0 Å². The fourth-order valence-corrected chi connectivity index (χ4v) is 4.46. The van der Waals surface area contributed by atoms with Gasteiger partial charge in [-0.25, -0.2) is 9.97 Å². The number of fused-ring (bicyclic) bond motifs is 1. The first-order valence-corrected chi connectivity index (χ1v) is 11.7.